The summed E-state index contributed by atoms with van der Waals surface area (Å²) in [5.74, 6) is 0.0828. The van der Waals surface area contributed by atoms with Crippen molar-refractivity contribution in [1.29, 1.82) is 0 Å². The Morgan fingerprint density at radius 2 is 2.00 bits per heavy atom. The van der Waals surface area contributed by atoms with Crippen molar-refractivity contribution in [3.63, 3.8) is 0 Å². The van der Waals surface area contributed by atoms with Gasteiger partial charge in [0.25, 0.3) is 0 Å². The normalized spacial score (nSPS) is 12.6. The first-order valence-corrected chi connectivity index (χ1v) is 7.28. The summed E-state index contributed by atoms with van der Waals surface area (Å²) in [7, 11) is 1.66. The van der Waals surface area contributed by atoms with Crippen LogP contribution >= 0.6 is 15.9 Å². The molecule has 18 heavy (non-hydrogen) atoms. The monoisotopic (exact) mass is 318 g/mol. The van der Waals surface area contributed by atoms with Crippen molar-refractivity contribution in [3.8, 4) is 0 Å². The smallest absolute Gasteiger partial charge is 0.126 e. The molecule has 2 nitrogen and oxygen atoms in total. The molecule has 1 aromatic carbocycles. The number of halogens is 2. The molecule has 102 valence electrons. The molecule has 0 heterocycles. The Morgan fingerprint density at radius 3 is 2.67 bits per heavy atom. The van der Waals surface area contributed by atoms with Crippen LogP contribution in [0.1, 0.15) is 24.3 Å². The third-order valence-corrected chi connectivity index (χ3v) is 3.59. The number of methoxy groups -OCH3 is 1. The molecule has 0 aliphatic carbocycles. The van der Waals surface area contributed by atoms with Gasteiger partial charge in [-0.1, -0.05) is 34.1 Å². The average Bonchev–Trinajstić information content (AvgIpc) is 2.39. The van der Waals surface area contributed by atoms with Gasteiger partial charge in [0.2, 0.25) is 0 Å². The zero-order valence-corrected chi connectivity index (χ0v) is 12.3. The van der Waals surface area contributed by atoms with E-state index in [9.17, 15) is 4.39 Å². The average molecular weight is 319 g/mol. The minimum absolute atomic E-state index is 0.123. The quantitative estimate of drug-likeness (QED) is 0.510. The van der Waals surface area contributed by atoms with Gasteiger partial charge in [-0.3, -0.25) is 0 Å². The topological polar surface area (TPSA) is 18.5 Å². The molecule has 0 fully saturated rings. The van der Waals surface area contributed by atoms with Gasteiger partial charge in [0.15, 0.2) is 0 Å². The fourth-order valence-corrected chi connectivity index (χ4v) is 2.47. The fourth-order valence-electron chi connectivity index (χ4n) is 1.80. The van der Waals surface area contributed by atoms with E-state index in [1.807, 2.05) is 12.1 Å². The van der Waals surface area contributed by atoms with Gasteiger partial charge < -0.3 is 9.47 Å². The zero-order chi connectivity index (χ0) is 13.2. The lowest BCUT2D eigenvalue weighted by atomic mass is 9.96. The summed E-state index contributed by atoms with van der Waals surface area (Å²) in [6.45, 7) is 1.94. The highest BCUT2D eigenvalue weighted by Gasteiger charge is 2.13. The van der Waals surface area contributed by atoms with Crippen molar-refractivity contribution in [2.24, 2.45) is 0 Å². The predicted octanol–water partition coefficient (Wildman–Crippen LogP) is 3.75. The van der Waals surface area contributed by atoms with Gasteiger partial charge in [0, 0.05) is 19.0 Å². The van der Waals surface area contributed by atoms with Crippen LogP contribution in [-0.2, 0) is 9.47 Å². The lowest BCUT2D eigenvalue weighted by Crippen LogP contribution is -2.07. The van der Waals surface area contributed by atoms with Gasteiger partial charge in [-0.25, -0.2) is 4.39 Å². The SMILES string of the molecule is COCCOCCCC(CBr)c1ccccc1F. The van der Waals surface area contributed by atoms with E-state index in [4.69, 9.17) is 9.47 Å². The lowest BCUT2D eigenvalue weighted by Gasteiger charge is -2.15. The van der Waals surface area contributed by atoms with Crippen molar-refractivity contribution in [2.75, 3.05) is 32.3 Å². The molecule has 4 heteroatoms. The van der Waals surface area contributed by atoms with Crippen LogP contribution in [0.5, 0.6) is 0 Å². The fraction of sp³-hybridized carbons (Fsp3) is 0.571. The van der Waals surface area contributed by atoms with Gasteiger partial charge in [-0.15, -0.1) is 0 Å². The summed E-state index contributed by atoms with van der Waals surface area (Å²) in [5.41, 5.74) is 0.784. The van der Waals surface area contributed by atoms with E-state index in [-0.39, 0.29) is 11.7 Å². The molecule has 0 bridgehead atoms. The molecule has 0 aromatic heterocycles. The van der Waals surface area contributed by atoms with Crippen LogP contribution in [0.15, 0.2) is 24.3 Å². The summed E-state index contributed by atoms with van der Waals surface area (Å²) in [4.78, 5) is 0. The highest BCUT2D eigenvalue weighted by molar-refractivity contribution is 9.09. The maximum absolute atomic E-state index is 13.6. The zero-order valence-electron chi connectivity index (χ0n) is 10.7. The van der Waals surface area contributed by atoms with E-state index in [2.05, 4.69) is 15.9 Å². The number of ether oxygens (including phenoxy) is 2. The molecule has 0 aliphatic heterocycles. The second-order valence-electron chi connectivity index (χ2n) is 4.12. The largest absolute Gasteiger partial charge is 0.382 e. The van der Waals surface area contributed by atoms with Gasteiger partial charge in [0.05, 0.1) is 13.2 Å². The molecule has 0 saturated heterocycles. The molecule has 0 N–H and O–H groups in total. The summed E-state index contributed by atoms with van der Waals surface area (Å²) >= 11 is 3.45. The van der Waals surface area contributed by atoms with Crippen LogP contribution < -0.4 is 0 Å². The minimum Gasteiger partial charge on any atom is -0.382 e. The molecule has 0 aliphatic rings. The third-order valence-electron chi connectivity index (χ3n) is 2.80. The summed E-state index contributed by atoms with van der Waals surface area (Å²) in [6.07, 6.45) is 1.84. The van der Waals surface area contributed by atoms with Crippen LogP contribution in [0.2, 0.25) is 0 Å². The van der Waals surface area contributed by atoms with E-state index >= 15 is 0 Å². The van der Waals surface area contributed by atoms with Crippen LogP contribution in [0.4, 0.5) is 4.39 Å². The molecule has 1 atom stereocenters. The molecular weight excluding hydrogens is 299 g/mol. The number of rotatable bonds is 9. The van der Waals surface area contributed by atoms with Crippen molar-refractivity contribution in [3.05, 3.63) is 35.6 Å². The Morgan fingerprint density at radius 1 is 1.22 bits per heavy atom. The molecule has 0 amide bonds. The molecule has 0 spiro atoms. The lowest BCUT2D eigenvalue weighted by molar-refractivity contribution is 0.0683. The molecular formula is C14H20BrFO2. The third kappa shape index (κ3) is 5.46. The Kier molecular flexibility index (Phi) is 8.22. The van der Waals surface area contributed by atoms with Gasteiger partial charge in [0.1, 0.15) is 5.82 Å². The second kappa shape index (κ2) is 9.48. The second-order valence-corrected chi connectivity index (χ2v) is 4.77. The molecule has 0 saturated carbocycles. The van der Waals surface area contributed by atoms with E-state index in [1.165, 1.54) is 6.07 Å². The van der Waals surface area contributed by atoms with Crippen LogP contribution in [0.3, 0.4) is 0 Å². The van der Waals surface area contributed by atoms with Crippen molar-refractivity contribution in [2.45, 2.75) is 18.8 Å². The van der Waals surface area contributed by atoms with Crippen molar-refractivity contribution < 1.29 is 13.9 Å². The number of hydrogen-bond donors (Lipinski definition) is 0. The molecule has 1 aromatic rings. The van der Waals surface area contributed by atoms with Gasteiger partial charge in [-0.05, 0) is 30.4 Å². The first-order valence-electron chi connectivity index (χ1n) is 6.16. The summed E-state index contributed by atoms with van der Waals surface area (Å²) in [6, 6.07) is 6.97. The Hall–Kier alpha value is -0.450. The van der Waals surface area contributed by atoms with Crippen molar-refractivity contribution in [1.82, 2.24) is 0 Å². The standard InChI is InChI=1S/C14H20BrFO2/c1-17-9-10-18-8-4-5-12(11-15)13-6-2-3-7-14(13)16/h2-3,6-7,12H,4-5,8-11H2,1H3. The Bertz CT molecular complexity index is 333. The Balaban J connectivity index is 2.32. The Labute approximate surface area is 117 Å². The van der Waals surface area contributed by atoms with E-state index in [1.54, 1.807) is 13.2 Å². The summed E-state index contributed by atoms with van der Waals surface area (Å²) in [5, 5.41) is 0.770. The first kappa shape index (κ1) is 15.6. The molecule has 1 rings (SSSR count). The number of benzene rings is 1. The van der Waals surface area contributed by atoms with Crippen LogP contribution in [0, 0.1) is 5.82 Å². The van der Waals surface area contributed by atoms with Crippen LogP contribution in [0.25, 0.3) is 0 Å². The van der Waals surface area contributed by atoms with E-state index < -0.39 is 0 Å². The first-order chi connectivity index (χ1) is 8.79. The predicted molar refractivity (Wildman–Crippen MR) is 74.9 cm³/mol. The van der Waals surface area contributed by atoms with Gasteiger partial charge in [-0.2, -0.15) is 0 Å². The highest BCUT2D eigenvalue weighted by atomic mass is 79.9. The van der Waals surface area contributed by atoms with E-state index in [0.29, 0.717) is 19.8 Å². The maximum atomic E-state index is 13.6. The summed E-state index contributed by atoms with van der Waals surface area (Å²) < 4.78 is 23.9. The minimum atomic E-state index is -0.123. The maximum Gasteiger partial charge on any atom is 0.126 e. The van der Waals surface area contributed by atoms with Gasteiger partial charge >= 0.3 is 0 Å². The highest BCUT2D eigenvalue weighted by Crippen LogP contribution is 2.25. The van der Waals surface area contributed by atoms with Crippen molar-refractivity contribution >= 4 is 15.9 Å². The van der Waals surface area contributed by atoms with E-state index in [0.717, 1.165) is 23.7 Å². The van der Waals surface area contributed by atoms with Crippen LogP contribution in [-0.4, -0.2) is 32.3 Å². The molecule has 0 radical (unpaired) electrons. The number of alkyl halides is 1. The number of hydrogen-bond acceptors (Lipinski definition) is 2. The molecule has 1 unspecified atom stereocenters.